The summed E-state index contributed by atoms with van der Waals surface area (Å²) in [6, 6.07) is 11.5. The molecule has 9 heteroatoms. The molecule has 2 aromatic carbocycles. The van der Waals surface area contributed by atoms with Gasteiger partial charge in [0.15, 0.2) is 5.13 Å². The number of hydrogen-bond donors (Lipinski definition) is 1. The third-order valence-electron chi connectivity index (χ3n) is 6.48. The first-order valence-electron chi connectivity index (χ1n) is 11.4. The monoisotopic (exact) mass is 517 g/mol. The molecule has 0 aliphatic carbocycles. The van der Waals surface area contributed by atoms with Crippen molar-refractivity contribution in [3.63, 3.8) is 0 Å². The molecule has 1 amide bonds. The first-order valence-corrected chi connectivity index (χ1v) is 12.6. The van der Waals surface area contributed by atoms with Crippen molar-refractivity contribution >= 4 is 55.7 Å². The van der Waals surface area contributed by atoms with Crippen LogP contribution in [0.15, 0.2) is 60.4 Å². The summed E-state index contributed by atoms with van der Waals surface area (Å²) in [7, 11) is 0. The fraction of sp³-hybridized carbons (Fsp3) is 0.185. The number of Topliss-reactive ketones (excluding diaryl/α,β-unsaturated/α-hetero) is 1. The van der Waals surface area contributed by atoms with Crippen LogP contribution in [0.4, 0.5) is 5.13 Å². The normalized spacial score (nSPS) is 20.7. The molecule has 0 saturated carbocycles. The fourth-order valence-corrected chi connectivity index (χ4v) is 5.98. The lowest BCUT2D eigenvalue weighted by Crippen LogP contribution is -2.29. The lowest BCUT2D eigenvalue weighted by Gasteiger charge is -2.22. The van der Waals surface area contributed by atoms with Crippen LogP contribution in [0.2, 0.25) is 5.02 Å². The minimum atomic E-state index is -0.890. The molecule has 2 aromatic heterocycles. The maximum atomic E-state index is 13.4. The molecule has 1 saturated heterocycles. The van der Waals surface area contributed by atoms with Gasteiger partial charge in [-0.25, -0.2) is 4.98 Å². The van der Waals surface area contributed by atoms with Crippen LogP contribution in [-0.4, -0.2) is 32.9 Å². The topological polar surface area (TPSA) is 92.6 Å². The number of ketones is 1. The van der Waals surface area contributed by atoms with Crippen LogP contribution in [0.3, 0.4) is 0 Å². The SMILES string of the molecule is Cc1cc2sc(N3C(=O)C(=O)/C(=C(/O)c4ccc5c(c4)CC(C)O5)C3c3cccnc3)nc2cc1Cl. The highest BCUT2D eigenvalue weighted by Crippen LogP contribution is 2.45. The second-order valence-corrected chi connectivity index (χ2v) is 10.4. The molecule has 2 aliphatic heterocycles. The largest absolute Gasteiger partial charge is 0.507 e. The van der Waals surface area contributed by atoms with E-state index in [9.17, 15) is 14.7 Å². The Kier molecular flexibility index (Phi) is 5.31. The fourth-order valence-electron chi connectivity index (χ4n) is 4.75. The molecule has 4 heterocycles. The van der Waals surface area contributed by atoms with Gasteiger partial charge in [0.05, 0.1) is 21.8 Å². The predicted molar refractivity (Wildman–Crippen MR) is 139 cm³/mol. The molecular weight excluding hydrogens is 498 g/mol. The molecule has 0 spiro atoms. The summed E-state index contributed by atoms with van der Waals surface area (Å²) in [6.07, 6.45) is 3.93. The zero-order valence-corrected chi connectivity index (χ0v) is 20.9. The van der Waals surface area contributed by atoms with Gasteiger partial charge in [-0.15, -0.1) is 0 Å². The van der Waals surface area contributed by atoms with Crippen LogP contribution in [0, 0.1) is 6.92 Å². The van der Waals surface area contributed by atoms with E-state index in [2.05, 4.69) is 9.97 Å². The molecule has 2 unspecified atom stereocenters. The Morgan fingerprint density at radius 1 is 1.22 bits per heavy atom. The number of aromatic nitrogens is 2. The quantitative estimate of drug-likeness (QED) is 0.216. The van der Waals surface area contributed by atoms with Gasteiger partial charge in [-0.3, -0.25) is 19.5 Å². The van der Waals surface area contributed by atoms with Crippen molar-refractivity contribution in [3.05, 3.63) is 87.7 Å². The summed E-state index contributed by atoms with van der Waals surface area (Å²) < 4.78 is 6.60. The van der Waals surface area contributed by atoms with Crippen molar-refractivity contribution in [2.75, 3.05) is 4.90 Å². The van der Waals surface area contributed by atoms with Gasteiger partial charge in [0.25, 0.3) is 5.78 Å². The highest BCUT2D eigenvalue weighted by molar-refractivity contribution is 7.22. The number of amides is 1. The van der Waals surface area contributed by atoms with Gasteiger partial charge in [0.2, 0.25) is 0 Å². The number of aliphatic hydroxyl groups is 1. The molecular formula is C27H20ClN3O4S. The predicted octanol–water partition coefficient (Wildman–Crippen LogP) is 5.60. The molecule has 0 radical (unpaired) electrons. The van der Waals surface area contributed by atoms with Crippen LogP contribution < -0.4 is 9.64 Å². The number of pyridine rings is 1. The van der Waals surface area contributed by atoms with E-state index >= 15 is 0 Å². The van der Waals surface area contributed by atoms with Crippen LogP contribution in [0.1, 0.15) is 35.2 Å². The second kappa shape index (κ2) is 8.43. The average Bonchev–Trinajstić information content (AvgIpc) is 3.52. The molecule has 180 valence electrons. The van der Waals surface area contributed by atoms with Crippen molar-refractivity contribution in [2.45, 2.75) is 32.4 Å². The number of ether oxygens (including phenoxy) is 1. The average molecular weight is 518 g/mol. The summed E-state index contributed by atoms with van der Waals surface area (Å²) in [4.78, 5) is 37.0. The Balaban J connectivity index is 1.53. The minimum absolute atomic E-state index is 0.00613. The Morgan fingerprint density at radius 3 is 2.83 bits per heavy atom. The number of aliphatic hydroxyl groups excluding tert-OH is 1. The molecule has 0 bridgehead atoms. The highest BCUT2D eigenvalue weighted by Gasteiger charge is 2.48. The Labute approximate surface area is 215 Å². The van der Waals surface area contributed by atoms with Crippen molar-refractivity contribution in [1.29, 1.82) is 0 Å². The summed E-state index contributed by atoms with van der Waals surface area (Å²) in [6.45, 7) is 3.87. The smallest absolute Gasteiger partial charge is 0.301 e. The van der Waals surface area contributed by atoms with Crippen LogP contribution in [0.25, 0.3) is 16.0 Å². The molecule has 7 nitrogen and oxygen atoms in total. The number of hydrogen-bond acceptors (Lipinski definition) is 7. The molecule has 4 aromatic rings. The van der Waals surface area contributed by atoms with Crippen molar-refractivity contribution in [3.8, 4) is 5.75 Å². The Hall–Kier alpha value is -3.75. The van der Waals surface area contributed by atoms with Crippen molar-refractivity contribution in [1.82, 2.24) is 9.97 Å². The number of aryl methyl sites for hydroxylation is 1. The molecule has 36 heavy (non-hydrogen) atoms. The Bertz CT molecular complexity index is 1560. The molecule has 2 aliphatic rings. The van der Waals surface area contributed by atoms with Gasteiger partial charge in [-0.2, -0.15) is 0 Å². The lowest BCUT2D eigenvalue weighted by molar-refractivity contribution is -0.132. The third kappa shape index (κ3) is 3.56. The number of fused-ring (bicyclic) bond motifs is 2. The van der Waals surface area contributed by atoms with E-state index in [1.165, 1.54) is 16.2 Å². The third-order valence-corrected chi connectivity index (χ3v) is 7.90. The number of thiazole rings is 1. The van der Waals surface area contributed by atoms with Crippen molar-refractivity contribution in [2.24, 2.45) is 0 Å². The molecule has 6 rings (SSSR count). The zero-order chi connectivity index (χ0) is 25.1. The van der Waals surface area contributed by atoms with Crippen molar-refractivity contribution < 1.29 is 19.4 Å². The summed E-state index contributed by atoms with van der Waals surface area (Å²) in [5.74, 6) is -1.02. The van der Waals surface area contributed by atoms with E-state index in [1.54, 1.807) is 42.7 Å². The number of halogens is 1. The van der Waals surface area contributed by atoms with Gasteiger partial charge in [-0.1, -0.05) is 29.0 Å². The maximum absolute atomic E-state index is 13.4. The van der Waals surface area contributed by atoms with Crippen LogP contribution in [-0.2, 0) is 16.0 Å². The first-order chi connectivity index (χ1) is 17.3. The highest BCUT2D eigenvalue weighted by atomic mass is 35.5. The van der Waals surface area contributed by atoms with Gasteiger partial charge in [-0.05, 0) is 66.9 Å². The number of carbonyl (C=O) groups is 2. The van der Waals surface area contributed by atoms with Crippen LogP contribution in [0.5, 0.6) is 5.75 Å². The number of nitrogens with zero attached hydrogens (tertiary/aromatic N) is 3. The minimum Gasteiger partial charge on any atom is -0.507 e. The van der Waals surface area contributed by atoms with E-state index in [1.807, 2.05) is 26.0 Å². The van der Waals surface area contributed by atoms with Gasteiger partial charge < -0.3 is 9.84 Å². The van der Waals surface area contributed by atoms with E-state index in [4.69, 9.17) is 16.3 Å². The van der Waals surface area contributed by atoms with E-state index in [0.717, 1.165) is 21.6 Å². The van der Waals surface area contributed by atoms with E-state index in [0.29, 0.717) is 33.2 Å². The maximum Gasteiger partial charge on any atom is 0.301 e. The Morgan fingerprint density at radius 2 is 2.06 bits per heavy atom. The summed E-state index contributed by atoms with van der Waals surface area (Å²) in [5, 5.41) is 12.3. The molecule has 1 N–H and O–H groups in total. The molecule has 1 fully saturated rings. The van der Waals surface area contributed by atoms with Gasteiger partial charge in [0.1, 0.15) is 17.6 Å². The number of rotatable bonds is 3. The summed E-state index contributed by atoms with van der Waals surface area (Å²) >= 11 is 7.58. The zero-order valence-electron chi connectivity index (χ0n) is 19.4. The number of carbonyl (C=O) groups excluding carboxylic acids is 2. The second-order valence-electron chi connectivity index (χ2n) is 8.98. The lowest BCUT2D eigenvalue weighted by atomic mass is 9.95. The molecule has 2 atom stereocenters. The van der Waals surface area contributed by atoms with E-state index in [-0.39, 0.29) is 17.4 Å². The summed E-state index contributed by atoms with van der Waals surface area (Å²) in [5.41, 5.74) is 3.49. The van der Waals surface area contributed by atoms with Crippen LogP contribution >= 0.6 is 22.9 Å². The van der Waals surface area contributed by atoms with Gasteiger partial charge >= 0.3 is 5.91 Å². The standard InChI is InChI=1S/C27H20ClN3O4S/c1-13-8-21-19(11-18(13)28)30-27(36-21)31-23(16-4-3-7-29-12-16)22(25(33)26(31)34)24(32)15-5-6-20-17(10-15)9-14(2)35-20/h3-8,10-12,14,23,32H,9H2,1-2H3/b24-22+. The van der Waals surface area contributed by atoms with E-state index < -0.39 is 17.7 Å². The number of benzene rings is 2. The van der Waals surface area contributed by atoms with Gasteiger partial charge in [0, 0.05) is 29.4 Å². The number of anilines is 1. The first kappa shape index (κ1) is 22.7.